The quantitative estimate of drug-likeness (QED) is 0.0202. The van der Waals surface area contributed by atoms with E-state index in [1.165, 1.54) is 70.6 Å². The molecule has 0 spiro atoms. The summed E-state index contributed by atoms with van der Waals surface area (Å²) in [5.41, 5.74) is 0. The molecule has 3 unspecified atom stereocenters. The van der Waals surface area contributed by atoms with Gasteiger partial charge in [0.1, 0.15) is 12.7 Å². The van der Waals surface area contributed by atoms with Crippen LogP contribution in [0.1, 0.15) is 174 Å². The molecule has 4 N–H and O–H groups in total. The molecule has 0 fully saturated rings. The molecule has 0 saturated heterocycles. The van der Waals surface area contributed by atoms with Gasteiger partial charge in [0.25, 0.3) is 0 Å². The van der Waals surface area contributed by atoms with Crippen LogP contribution >= 0.6 is 7.82 Å². The van der Waals surface area contributed by atoms with Gasteiger partial charge in [0.2, 0.25) is 5.91 Å². The normalized spacial score (nSPS) is 14.3. The lowest BCUT2D eigenvalue weighted by Crippen LogP contribution is -2.43. The fourth-order valence-corrected chi connectivity index (χ4v) is 6.43. The number of hydrogen-bond acceptors (Lipinski definition) is 8. The maximum atomic E-state index is 12.3. The highest BCUT2D eigenvalue weighted by molar-refractivity contribution is 7.47. The van der Waals surface area contributed by atoms with Gasteiger partial charge < -0.3 is 25.2 Å². The number of aliphatic hydroxyl groups is 1. The number of esters is 1. The molecule has 0 saturated carbocycles. The van der Waals surface area contributed by atoms with Crippen LogP contribution < -0.4 is 5.32 Å². The largest absolute Gasteiger partial charge is 0.480 e. The van der Waals surface area contributed by atoms with Crippen LogP contribution in [-0.2, 0) is 32.7 Å². The zero-order valence-electron chi connectivity index (χ0n) is 35.4. The van der Waals surface area contributed by atoms with Crippen molar-refractivity contribution in [1.29, 1.82) is 0 Å². The summed E-state index contributed by atoms with van der Waals surface area (Å²) < 4.78 is 26.8. The molecule has 57 heavy (non-hydrogen) atoms. The van der Waals surface area contributed by atoms with Gasteiger partial charge in [-0.25, -0.2) is 9.36 Å². The summed E-state index contributed by atoms with van der Waals surface area (Å²) in [7, 11) is -4.77. The Bertz CT molecular complexity index is 1200. The fraction of sp³-hybridized carbons (Fsp3) is 0.711. The predicted octanol–water partition coefficient (Wildman–Crippen LogP) is 11.2. The molecule has 0 aromatic carbocycles. The van der Waals surface area contributed by atoms with Crippen molar-refractivity contribution in [3.63, 3.8) is 0 Å². The number of carboxylic acids is 1. The number of unbranched alkanes of at least 4 members (excludes halogenated alkanes) is 16. The number of amides is 1. The number of hydrogen-bond donors (Lipinski definition) is 4. The van der Waals surface area contributed by atoms with Gasteiger partial charge in [0.15, 0.2) is 6.04 Å². The van der Waals surface area contributed by atoms with E-state index in [0.717, 1.165) is 64.2 Å². The zero-order chi connectivity index (χ0) is 42.1. The number of carbonyl (C=O) groups is 3. The smallest absolute Gasteiger partial charge is 0.472 e. The molecule has 11 nitrogen and oxygen atoms in total. The lowest BCUT2D eigenvalue weighted by molar-refractivity contribution is -0.147. The highest BCUT2D eigenvalue weighted by Gasteiger charge is 2.28. The molecule has 0 bridgehead atoms. The third kappa shape index (κ3) is 39.8. The molecule has 12 heteroatoms. The van der Waals surface area contributed by atoms with Crippen molar-refractivity contribution in [2.24, 2.45) is 0 Å². The molecule has 0 aromatic rings. The van der Waals surface area contributed by atoms with E-state index in [0.29, 0.717) is 12.8 Å². The van der Waals surface area contributed by atoms with E-state index >= 15 is 0 Å². The van der Waals surface area contributed by atoms with E-state index < -0.39 is 57.6 Å². The number of nitrogens with one attached hydrogen (secondary N) is 1. The van der Waals surface area contributed by atoms with E-state index in [2.05, 4.69) is 73.8 Å². The summed E-state index contributed by atoms with van der Waals surface area (Å²) in [6.45, 7) is 2.43. The van der Waals surface area contributed by atoms with Crippen molar-refractivity contribution in [3.05, 3.63) is 60.8 Å². The summed E-state index contributed by atoms with van der Waals surface area (Å²) in [6, 6.07) is -1.57. The van der Waals surface area contributed by atoms with E-state index in [1.807, 2.05) is 6.08 Å². The molecule has 0 aliphatic heterocycles. The standard InChI is InChI=1S/C45H78NO10P/c1-3-5-7-9-11-13-15-17-19-20-21-23-25-27-29-31-33-35-37-44(49)54-38-41(47)39-55-57(52,53)56-40-42(45(50)51)46-43(48)36-34-32-30-28-26-24-22-18-16-14-12-10-8-6-4-2/h6,8,12,14,18-20,22,26,28,41-42,47H,3-5,7,9-11,13,15-17,21,23-25,27,29-40H2,1-2H3,(H,46,48)(H,50,51)(H,52,53)/b8-6-,14-12-,20-19-,22-18-,28-26-. The van der Waals surface area contributed by atoms with E-state index in [1.54, 1.807) is 0 Å². The van der Waals surface area contributed by atoms with Crippen molar-refractivity contribution in [2.45, 2.75) is 187 Å². The Kier molecular flexibility index (Phi) is 38.0. The number of rotatable bonds is 40. The summed E-state index contributed by atoms with van der Waals surface area (Å²) in [6.07, 6.45) is 45.4. The average Bonchev–Trinajstić information content (AvgIpc) is 3.18. The molecular formula is C45H78NO10P. The average molecular weight is 824 g/mol. The number of allylic oxidation sites excluding steroid dienone is 10. The van der Waals surface area contributed by atoms with Crippen molar-refractivity contribution < 1.29 is 47.8 Å². The highest BCUT2D eigenvalue weighted by Crippen LogP contribution is 2.43. The minimum Gasteiger partial charge on any atom is -0.480 e. The fourth-order valence-electron chi connectivity index (χ4n) is 5.65. The van der Waals surface area contributed by atoms with Crippen LogP contribution in [0, 0.1) is 0 Å². The Hall–Kier alpha value is -2.82. The van der Waals surface area contributed by atoms with Crippen LogP contribution in [0.25, 0.3) is 0 Å². The highest BCUT2D eigenvalue weighted by atomic mass is 31.2. The molecule has 0 rings (SSSR count). The monoisotopic (exact) mass is 824 g/mol. The third-order valence-corrected chi connectivity index (χ3v) is 9.99. The Morgan fingerprint density at radius 1 is 0.579 bits per heavy atom. The first-order chi connectivity index (χ1) is 27.6. The van der Waals surface area contributed by atoms with Gasteiger partial charge in [-0.15, -0.1) is 0 Å². The number of phosphoric acid groups is 1. The van der Waals surface area contributed by atoms with Crippen molar-refractivity contribution in [1.82, 2.24) is 5.32 Å². The lowest BCUT2D eigenvalue weighted by atomic mass is 10.1. The van der Waals surface area contributed by atoms with Gasteiger partial charge in [-0.05, 0) is 77.0 Å². The molecule has 3 atom stereocenters. The Morgan fingerprint density at radius 2 is 1.02 bits per heavy atom. The van der Waals surface area contributed by atoms with Gasteiger partial charge in [0, 0.05) is 12.8 Å². The third-order valence-electron chi connectivity index (χ3n) is 9.04. The van der Waals surface area contributed by atoms with Crippen LogP contribution in [0.5, 0.6) is 0 Å². The van der Waals surface area contributed by atoms with Gasteiger partial charge in [0.05, 0.1) is 13.2 Å². The molecular weight excluding hydrogens is 745 g/mol. The van der Waals surface area contributed by atoms with E-state index in [4.69, 9.17) is 13.8 Å². The Labute approximate surface area is 345 Å². The van der Waals surface area contributed by atoms with Gasteiger partial charge >= 0.3 is 19.8 Å². The van der Waals surface area contributed by atoms with Gasteiger partial charge in [-0.2, -0.15) is 0 Å². The summed E-state index contributed by atoms with van der Waals surface area (Å²) >= 11 is 0. The van der Waals surface area contributed by atoms with Gasteiger partial charge in [-0.3, -0.25) is 18.6 Å². The Balaban J connectivity index is 3.95. The summed E-state index contributed by atoms with van der Waals surface area (Å²) in [5.74, 6) is -2.44. The maximum absolute atomic E-state index is 12.3. The molecule has 1 amide bonds. The molecule has 0 heterocycles. The van der Waals surface area contributed by atoms with Crippen molar-refractivity contribution in [3.8, 4) is 0 Å². The summed E-state index contributed by atoms with van der Waals surface area (Å²) in [4.78, 5) is 45.9. The number of aliphatic carboxylic acids is 1. The predicted molar refractivity (Wildman–Crippen MR) is 231 cm³/mol. The first-order valence-corrected chi connectivity index (χ1v) is 23.3. The second-order valence-electron chi connectivity index (χ2n) is 14.5. The Morgan fingerprint density at radius 3 is 1.56 bits per heavy atom. The SMILES string of the molecule is CC/C=C\C/C=C\C/C=C\C/C=C\CCCCC(=O)NC(COP(=O)(O)OCC(O)COC(=O)CCCCCCCCC/C=C\CCCCCCCCC)C(=O)O. The van der Waals surface area contributed by atoms with Gasteiger partial charge in [-0.1, -0.05) is 145 Å². The first-order valence-electron chi connectivity index (χ1n) is 21.8. The van der Waals surface area contributed by atoms with Crippen LogP contribution in [0.4, 0.5) is 0 Å². The number of ether oxygens (including phenoxy) is 1. The van der Waals surface area contributed by atoms with E-state index in [9.17, 15) is 34.1 Å². The van der Waals surface area contributed by atoms with Crippen molar-refractivity contribution >= 4 is 25.7 Å². The molecule has 0 radical (unpaired) electrons. The van der Waals surface area contributed by atoms with Crippen LogP contribution in [0.3, 0.4) is 0 Å². The maximum Gasteiger partial charge on any atom is 0.472 e. The zero-order valence-corrected chi connectivity index (χ0v) is 36.3. The van der Waals surface area contributed by atoms with Crippen LogP contribution in [0.2, 0.25) is 0 Å². The molecule has 0 aliphatic rings. The molecule has 0 aliphatic carbocycles. The number of phosphoric ester groups is 1. The second-order valence-corrected chi connectivity index (χ2v) is 16.0. The molecule has 328 valence electrons. The van der Waals surface area contributed by atoms with Crippen LogP contribution in [-0.4, -0.2) is 64.9 Å². The van der Waals surface area contributed by atoms with Crippen molar-refractivity contribution in [2.75, 3.05) is 19.8 Å². The lowest BCUT2D eigenvalue weighted by Gasteiger charge is -2.18. The number of carbonyl (C=O) groups excluding carboxylic acids is 2. The topological polar surface area (TPSA) is 169 Å². The second kappa shape index (κ2) is 40.0. The number of aliphatic hydroxyl groups excluding tert-OH is 1. The van der Waals surface area contributed by atoms with Crippen LogP contribution in [0.15, 0.2) is 60.8 Å². The number of carboxylic acid groups (broad SMARTS) is 1. The minimum absolute atomic E-state index is 0.0905. The van der Waals surface area contributed by atoms with E-state index in [-0.39, 0.29) is 12.8 Å². The summed E-state index contributed by atoms with van der Waals surface area (Å²) in [5, 5.41) is 21.8. The molecule has 0 aromatic heterocycles. The minimum atomic E-state index is -4.77. The first kappa shape index (κ1) is 54.2.